The second-order valence-corrected chi connectivity index (χ2v) is 5.84. The van der Waals surface area contributed by atoms with Gasteiger partial charge < -0.3 is 10.0 Å². The number of anilines is 1. The highest BCUT2D eigenvalue weighted by molar-refractivity contribution is 5.84. The number of carbonyl (C=O) groups is 1. The lowest BCUT2D eigenvalue weighted by molar-refractivity contribution is 0.0690. The van der Waals surface area contributed by atoms with Gasteiger partial charge in [0.05, 0.1) is 12.4 Å². The average molecular weight is 324 g/mol. The van der Waals surface area contributed by atoms with Gasteiger partial charge in [-0.3, -0.25) is 4.40 Å². The first-order valence-corrected chi connectivity index (χ1v) is 7.82. The number of hydrogen-bond donors (Lipinski definition) is 1. The molecular formula is C16H16N6O2. The average Bonchev–Trinajstić information content (AvgIpc) is 3.06. The van der Waals surface area contributed by atoms with Gasteiger partial charge in [0.2, 0.25) is 0 Å². The molecule has 4 heterocycles. The van der Waals surface area contributed by atoms with Crippen LogP contribution in [-0.4, -0.2) is 48.7 Å². The number of rotatable bonds is 3. The van der Waals surface area contributed by atoms with Crippen LogP contribution in [0, 0.1) is 0 Å². The summed E-state index contributed by atoms with van der Waals surface area (Å²) in [5.74, 6) is 0.821. The zero-order valence-corrected chi connectivity index (χ0v) is 12.9. The SMILES string of the molecule is O=C(O)c1cnc(N2CCCC(c3nnc4ccccn34)C2)cn1. The van der Waals surface area contributed by atoms with E-state index < -0.39 is 5.97 Å². The summed E-state index contributed by atoms with van der Waals surface area (Å²) in [4.78, 5) is 21.2. The summed E-state index contributed by atoms with van der Waals surface area (Å²) in [5, 5.41) is 17.5. The summed E-state index contributed by atoms with van der Waals surface area (Å²) in [7, 11) is 0. The van der Waals surface area contributed by atoms with Crippen molar-refractivity contribution in [3.05, 3.63) is 48.3 Å². The molecule has 1 N–H and O–H groups in total. The Bertz CT molecular complexity index is 876. The van der Waals surface area contributed by atoms with Crippen molar-refractivity contribution in [1.29, 1.82) is 0 Å². The van der Waals surface area contributed by atoms with Crippen LogP contribution in [0.25, 0.3) is 5.65 Å². The van der Waals surface area contributed by atoms with Crippen molar-refractivity contribution in [2.45, 2.75) is 18.8 Å². The van der Waals surface area contributed by atoms with Gasteiger partial charge in [-0.05, 0) is 25.0 Å². The number of aromatic nitrogens is 5. The molecule has 1 saturated heterocycles. The van der Waals surface area contributed by atoms with Crippen molar-refractivity contribution in [3.8, 4) is 0 Å². The topological polar surface area (TPSA) is 96.5 Å². The maximum atomic E-state index is 10.9. The van der Waals surface area contributed by atoms with Gasteiger partial charge in [-0.1, -0.05) is 6.07 Å². The smallest absolute Gasteiger partial charge is 0.356 e. The number of aromatic carboxylic acids is 1. The van der Waals surface area contributed by atoms with E-state index in [-0.39, 0.29) is 11.6 Å². The lowest BCUT2D eigenvalue weighted by atomic mass is 9.97. The summed E-state index contributed by atoms with van der Waals surface area (Å²) < 4.78 is 2.02. The van der Waals surface area contributed by atoms with E-state index in [0.29, 0.717) is 5.82 Å². The molecule has 1 fully saturated rings. The number of carboxylic acids is 1. The first-order chi connectivity index (χ1) is 11.7. The third kappa shape index (κ3) is 2.55. The summed E-state index contributed by atoms with van der Waals surface area (Å²) >= 11 is 0. The van der Waals surface area contributed by atoms with Crippen molar-refractivity contribution >= 4 is 17.4 Å². The van der Waals surface area contributed by atoms with Crippen LogP contribution in [0.5, 0.6) is 0 Å². The number of pyridine rings is 1. The Kier molecular flexibility index (Phi) is 3.56. The Morgan fingerprint density at radius 1 is 1.21 bits per heavy atom. The third-order valence-electron chi connectivity index (χ3n) is 4.31. The Hall–Kier alpha value is -3.03. The van der Waals surface area contributed by atoms with Gasteiger partial charge in [-0.2, -0.15) is 0 Å². The third-order valence-corrected chi connectivity index (χ3v) is 4.31. The maximum absolute atomic E-state index is 10.9. The molecule has 24 heavy (non-hydrogen) atoms. The van der Waals surface area contributed by atoms with E-state index in [1.54, 1.807) is 0 Å². The molecule has 0 spiro atoms. The number of fused-ring (bicyclic) bond motifs is 1. The van der Waals surface area contributed by atoms with Crippen molar-refractivity contribution < 1.29 is 9.90 Å². The largest absolute Gasteiger partial charge is 0.476 e. The van der Waals surface area contributed by atoms with Crippen LogP contribution in [0.1, 0.15) is 35.1 Å². The van der Waals surface area contributed by atoms with Crippen LogP contribution >= 0.6 is 0 Å². The zero-order chi connectivity index (χ0) is 16.5. The highest BCUT2D eigenvalue weighted by Gasteiger charge is 2.26. The standard InChI is InChI=1S/C16H16N6O2/c23-16(24)12-8-18-14(9-17-12)21-6-3-4-11(10-21)15-20-19-13-5-1-2-7-22(13)15/h1-2,5,7-9,11H,3-4,6,10H2,(H,23,24). The highest BCUT2D eigenvalue weighted by Crippen LogP contribution is 2.28. The van der Waals surface area contributed by atoms with E-state index in [4.69, 9.17) is 5.11 Å². The molecule has 8 nitrogen and oxygen atoms in total. The molecule has 0 bridgehead atoms. The van der Waals surface area contributed by atoms with Crippen LogP contribution in [-0.2, 0) is 0 Å². The minimum absolute atomic E-state index is 0.0456. The van der Waals surface area contributed by atoms with Crippen LogP contribution in [0.4, 0.5) is 5.82 Å². The van der Waals surface area contributed by atoms with Crippen LogP contribution in [0.3, 0.4) is 0 Å². The Morgan fingerprint density at radius 2 is 2.12 bits per heavy atom. The summed E-state index contributed by atoms with van der Waals surface area (Å²) in [6.45, 7) is 1.63. The molecule has 8 heteroatoms. The fourth-order valence-electron chi connectivity index (χ4n) is 3.13. The van der Waals surface area contributed by atoms with E-state index in [2.05, 4.69) is 25.1 Å². The van der Waals surface area contributed by atoms with E-state index in [1.165, 1.54) is 12.4 Å². The highest BCUT2D eigenvalue weighted by atomic mass is 16.4. The number of carboxylic acid groups (broad SMARTS) is 1. The van der Waals surface area contributed by atoms with Gasteiger partial charge >= 0.3 is 5.97 Å². The monoisotopic (exact) mass is 324 g/mol. The predicted molar refractivity (Wildman–Crippen MR) is 86.2 cm³/mol. The quantitative estimate of drug-likeness (QED) is 0.781. The molecule has 0 aliphatic carbocycles. The van der Waals surface area contributed by atoms with Gasteiger partial charge in [0, 0.05) is 25.2 Å². The first-order valence-electron chi connectivity index (χ1n) is 7.82. The fraction of sp³-hybridized carbons (Fsp3) is 0.312. The van der Waals surface area contributed by atoms with Crippen molar-refractivity contribution in [2.75, 3.05) is 18.0 Å². The second-order valence-electron chi connectivity index (χ2n) is 5.84. The fourth-order valence-corrected chi connectivity index (χ4v) is 3.13. The molecule has 0 radical (unpaired) electrons. The Labute approximate surface area is 137 Å². The molecule has 0 aromatic carbocycles. The molecule has 3 aromatic rings. The van der Waals surface area contributed by atoms with Crippen LogP contribution in [0.15, 0.2) is 36.8 Å². The summed E-state index contributed by atoms with van der Waals surface area (Å²) in [6.07, 6.45) is 6.84. The predicted octanol–water partition coefficient (Wildman–Crippen LogP) is 1.60. The molecule has 1 atom stereocenters. The second kappa shape index (κ2) is 5.88. The first kappa shape index (κ1) is 14.6. The lowest BCUT2D eigenvalue weighted by Gasteiger charge is -2.32. The number of piperidine rings is 1. The zero-order valence-electron chi connectivity index (χ0n) is 12.9. The molecule has 3 aromatic heterocycles. The minimum atomic E-state index is -1.07. The molecule has 4 rings (SSSR count). The van der Waals surface area contributed by atoms with Gasteiger partial charge in [0.1, 0.15) is 11.6 Å². The molecular weight excluding hydrogens is 308 g/mol. The van der Waals surface area contributed by atoms with Gasteiger partial charge in [-0.25, -0.2) is 14.8 Å². The van der Waals surface area contributed by atoms with Crippen molar-refractivity contribution in [2.24, 2.45) is 0 Å². The molecule has 0 saturated carbocycles. The summed E-state index contributed by atoms with van der Waals surface area (Å²) in [5.41, 5.74) is 0.797. The molecule has 1 unspecified atom stereocenters. The number of hydrogen-bond acceptors (Lipinski definition) is 6. The molecule has 1 aliphatic rings. The number of nitrogens with zero attached hydrogens (tertiary/aromatic N) is 6. The van der Waals surface area contributed by atoms with Crippen molar-refractivity contribution in [1.82, 2.24) is 24.6 Å². The maximum Gasteiger partial charge on any atom is 0.356 e. The normalized spacial score (nSPS) is 18.0. The van der Waals surface area contributed by atoms with Gasteiger partial charge in [0.25, 0.3) is 0 Å². The molecule has 1 aliphatic heterocycles. The Balaban J connectivity index is 1.58. The van der Waals surface area contributed by atoms with Crippen molar-refractivity contribution in [3.63, 3.8) is 0 Å². The molecule has 0 amide bonds. The van der Waals surface area contributed by atoms with E-state index in [1.807, 2.05) is 28.8 Å². The van der Waals surface area contributed by atoms with E-state index >= 15 is 0 Å². The van der Waals surface area contributed by atoms with Crippen LogP contribution in [0.2, 0.25) is 0 Å². The lowest BCUT2D eigenvalue weighted by Crippen LogP contribution is -2.35. The minimum Gasteiger partial charge on any atom is -0.476 e. The Morgan fingerprint density at radius 3 is 2.92 bits per heavy atom. The van der Waals surface area contributed by atoms with E-state index in [9.17, 15) is 4.79 Å². The van der Waals surface area contributed by atoms with Gasteiger partial charge in [-0.15, -0.1) is 10.2 Å². The van der Waals surface area contributed by atoms with Gasteiger partial charge in [0.15, 0.2) is 11.3 Å². The van der Waals surface area contributed by atoms with E-state index in [0.717, 1.165) is 37.4 Å². The van der Waals surface area contributed by atoms with Crippen LogP contribution < -0.4 is 4.90 Å². The molecule has 122 valence electrons. The summed E-state index contributed by atoms with van der Waals surface area (Å²) in [6, 6.07) is 5.85.